The first-order valence-corrected chi connectivity index (χ1v) is 17.2. The smallest absolute Gasteiger partial charge is 0.135 e. The average molecular weight is 753 g/mol. The molecule has 0 amide bonds. The van der Waals surface area contributed by atoms with E-state index in [1.807, 2.05) is 0 Å². The topological polar surface area (TPSA) is 13.1 Å². The van der Waals surface area contributed by atoms with Crippen LogP contribution in [0.5, 0.6) is 0 Å². The predicted octanol–water partition coefficient (Wildman–Crippen LogP) is 16.0. The van der Waals surface area contributed by atoms with Gasteiger partial charge in [0.1, 0.15) is 11.2 Å². The Labute approximate surface area is 373 Å². The van der Waals surface area contributed by atoms with Crippen molar-refractivity contribution in [2.24, 2.45) is 0 Å². The van der Waals surface area contributed by atoms with Crippen LogP contribution in [0.4, 0.5) is 0 Å². The van der Waals surface area contributed by atoms with Gasteiger partial charge in [-0.1, -0.05) is 163 Å². The number of para-hydroxylation sites is 1. The van der Waals surface area contributed by atoms with Crippen LogP contribution in [-0.4, -0.2) is 0 Å². The maximum atomic E-state index is 10.9. The molecule has 0 unspecified atom stereocenters. The molecule has 262 valence electrons. The van der Waals surface area contributed by atoms with Crippen LogP contribution in [0.2, 0.25) is 0 Å². The van der Waals surface area contributed by atoms with Crippen molar-refractivity contribution in [3.05, 3.63) is 193 Å². The first-order chi connectivity index (χ1) is 41.6. The van der Waals surface area contributed by atoms with Gasteiger partial charge in [0.25, 0.3) is 0 Å². The Morgan fingerprint density at radius 2 is 0.737 bits per heavy atom. The van der Waals surface area contributed by atoms with Crippen molar-refractivity contribution < 1.29 is 48.3 Å². The molecule has 0 atom stereocenters. The van der Waals surface area contributed by atoms with Gasteiger partial charge in [0, 0.05) is 10.8 Å². The van der Waals surface area contributed by atoms with E-state index in [2.05, 4.69) is 0 Å². The van der Waals surface area contributed by atoms with Gasteiger partial charge in [-0.2, -0.15) is 0 Å². The van der Waals surface area contributed by atoms with Crippen molar-refractivity contribution in [2.45, 2.75) is 0 Å². The molecule has 1 heterocycles. The molecular weight excluding hydrogens is 689 g/mol. The molecule has 1 aromatic heterocycles. The van der Waals surface area contributed by atoms with Gasteiger partial charge >= 0.3 is 0 Å². The zero-order chi connectivity index (χ0) is 65.0. The van der Waals surface area contributed by atoms with E-state index in [9.17, 15) is 23.3 Å². The van der Waals surface area contributed by atoms with Gasteiger partial charge < -0.3 is 4.42 Å². The highest BCUT2D eigenvalue weighted by molar-refractivity contribution is 6.28. The molecule has 0 aliphatic carbocycles. The fraction of sp³-hybridized carbons (Fsp3) is 0. The second-order valence-electron chi connectivity index (χ2n) is 13.0. The minimum atomic E-state index is -1.28. The van der Waals surface area contributed by atoms with Gasteiger partial charge in [0.15, 0.2) is 0 Å². The minimum Gasteiger partial charge on any atom is -0.456 e. The summed E-state index contributed by atoms with van der Waals surface area (Å²) in [6.45, 7) is 0. The van der Waals surface area contributed by atoms with Gasteiger partial charge in [-0.25, -0.2) is 0 Å². The van der Waals surface area contributed by atoms with Crippen LogP contribution in [0, 0.1) is 0 Å². The molecule has 0 aliphatic rings. The number of benzene rings is 12. The van der Waals surface area contributed by atoms with E-state index < -0.39 is 324 Å². The summed E-state index contributed by atoms with van der Waals surface area (Å²) in [7, 11) is 0. The van der Waals surface area contributed by atoms with Gasteiger partial charge in [-0.05, 0) is 139 Å². The molecule has 12 aromatic carbocycles. The van der Waals surface area contributed by atoms with E-state index in [1.165, 1.54) is 0 Å². The quantitative estimate of drug-likeness (QED) is 0.163. The lowest BCUT2D eigenvalue weighted by molar-refractivity contribution is 0.669. The SMILES string of the molecule is [2H]c1c([2H])c([2H])c(-c2c([2H])c(-c3c([2H])c([2H])c4oc5c([2H])c([2H])c([2H])c([2H])c5c4c3[2H])c(-c3c([2H])c([2H])c4c([2H])c([2H])c5c([2H])c([2H])c([2H])c6c([2H])c([2H])c3c4c56)c([2H])c2-c2c([2H])c([2H])c3c([2H])c([2H])c4c([2H])c([2H])c([2H])c5c([2H])c([2H])c2c3c45)c([2H])c1[2H]. The van der Waals surface area contributed by atoms with E-state index in [0.717, 1.165) is 0 Å². The van der Waals surface area contributed by atoms with Crippen molar-refractivity contribution in [2.75, 3.05) is 0 Å². The fourth-order valence-electron chi connectivity index (χ4n) is 7.55. The molecule has 13 rings (SSSR count). The Bertz CT molecular complexity index is 5550. The molecule has 0 N–H and O–H groups in total. The van der Waals surface area contributed by atoms with Gasteiger partial charge in [-0.15, -0.1) is 0 Å². The van der Waals surface area contributed by atoms with Crippen molar-refractivity contribution in [1.29, 1.82) is 0 Å². The average Bonchev–Trinajstić information content (AvgIpc) is 1.12. The standard InChI is InChI=1S/C56H32O/c1-2-8-33(9-3-1)46-31-47(40-24-29-52-50(30-40)43-14-4-5-15-51(43)57-52)49(42-26-21-39-19-17-35-11-7-13-37-23-28-45(42)56(39)54(35)37)32-48(46)41-25-20-38-18-16-34-10-6-12-36-22-27-44(41)55(38)53(34)36/h1-32H/i1D,2D,3D,4D,5D,6D,7D,8D,9D,10D,11D,12D,13D,14D,15D,16D,17D,18D,19D,20D,21D,22D,23D,24D,25D,26D,27D,28D,29D,30D,31D,32D. The van der Waals surface area contributed by atoms with Crippen molar-refractivity contribution in [3.63, 3.8) is 0 Å². The van der Waals surface area contributed by atoms with E-state index in [4.69, 9.17) is 25.0 Å². The number of fused-ring (bicyclic) bond motifs is 3. The van der Waals surface area contributed by atoms with Crippen LogP contribution >= 0.6 is 0 Å². The summed E-state index contributed by atoms with van der Waals surface area (Å²) in [5.74, 6) is 0. The Kier molecular flexibility index (Phi) is 2.69. The summed E-state index contributed by atoms with van der Waals surface area (Å²) in [5.41, 5.74) is -9.38. The second kappa shape index (κ2) is 11.5. The van der Waals surface area contributed by atoms with Crippen molar-refractivity contribution in [1.82, 2.24) is 0 Å². The lowest BCUT2D eigenvalue weighted by Crippen LogP contribution is -1.95. The van der Waals surface area contributed by atoms with E-state index in [0.29, 0.717) is 0 Å². The van der Waals surface area contributed by atoms with Crippen molar-refractivity contribution in [3.8, 4) is 44.5 Å². The molecule has 57 heavy (non-hydrogen) atoms. The Balaban J connectivity index is 1.41. The molecule has 13 aromatic rings. The number of hydrogen-bond donors (Lipinski definition) is 0. The Hall–Kier alpha value is -7.48. The molecule has 0 spiro atoms. The van der Waals surface area contributed by atoms with Crippen LogP contribution in [0.3, 0.4) is 0 Å². The zero-order valence-electron chi connectivity index (χ0n) is 60.4. The highest BCUT2D eigenvalue weighted by Crippen LogP contribution is 2.49. The van der Waals surface area contributed by atoms with Crippen LogP contribution in [0.1, 0.15) is 43.9 Å². The number of hydrogen-bond acceptors (Lipinski definition) is 1. The van der Waals surface area contributed by atoms with Gasteiger partial charge in [0.2, 0.25) is 0 Å². The lowest BCUT2D eigenvalue weighted by atomic mass is 9.81. The molecule has 0 fully saturated rings. The Morgan fingerprint density at radius 3 is 1.35 bits per heavy atom. The fourth-order valence-corrected chi connectivity index (χ4v) is 7.55. The van der Waals surface area contributed by atoms with E-state index >= 15 is 0 Å². The molecule has 0 bridgehead atoms. The molecule has 1 nitrogen and oxygen atoms in total. The number of furan rings is 1. The third-order valence-electron chi connectivity index (χ3n) is 10.0. The maximum Gasteiger partial charge on any atom is 0.135 e. The summed E-state index contributed by atoms with van der Waals surface area (Å²) in [4.78, 5) is 0. The number of rotatable bonds is 4. The molecular formula is C56H32O. The zero-order valence-corrected chi connectivity index (χ0v) is 28.4. The van der Waals surface area contributed by atoms with Crippen molar-refractivity contribution >= 4 is 86.6 Å². The van der Waals surface area contributed by atoms with Gasteiger partial charge in [0.05, 0.1) is 43.9 Å². The van der Waals surface area contributed by atoms with Crippen LogP contribution in [0.25, 0.3) is 131 Å². The van der Waals surface area contributed by atoms with Crippen LogP contribution in [0.15, 0.2) is 198 Å². The monoisotopic (exact) mass is 752 g/mol. The largest absolute Gasteiger partial charge is 0.456 e. The highest BCUT2D eigenvalue weighted by Gasteiger charge is 2.22. The summed E-state index contributed by atoms with van der Waals surface area (Å²) < 4.78 is 305. The van der Waals surface area contributed by atoms with E-state index in [-0.39, 0.29) is 0 Å². The maximum absolute atomic E-state index is 10.9. The van der Waals surface area contributed by atoms with E-state index in [1.54, 1.807) is 0 Å². The van der Waals surface area contributed by atoms with Crippen LogP contribution < -0.4 is 0 Å². The Morgan fingerprint density at radius 1 is 0.263 bits per heavy atom. The normalized spacial score (nSPS) is 20.1. The molecule has 0 saturated heterocycles. The first-order valence-electron chi connectivity index (χ1n) is 33.2. The lowest BCUT2D eigenvalue weighted by Gasteiger charge is -2.22. The molecule has 1 heteroatoms. The molecule has 0 radical (unpaired) electrons. The third kappa shape index (κ3) is 4.40. The molecule has 0 aliphatic heterocycles. The summed E-state index contributed by atoms with van der Waals surface area (Å²) in [6.07, 6.45) is 0. The highest BCUT2D eigenvalue weighted by atomic mass is 16.3. The van der Waals surface area contributed by atoms with Crippen LogP contribution in [-0.2, 0) is 0 Å². The molecule has 0 saturated carbocycles. The summed E-state index contributed by atoms with van der Waals surface area (Å²) >= 11 is 0. The predicted molar refractivity (Wildman–Crippen MR) is 243 cm³/mol. The first kappa shape index (κ1) is 13.3. The summed E-state index contributed by atoms with van der Waals surface area (Å²) in [5, 5.41) is -7.99. The third-order valence-corrected chi connectivity index (χ3v) is 10.0. The second-order valence-corrected chi connectivity index (χ2v) is 13.0. The van der Waals surface area contributed by atoms with Gasteiger partial charge in [-0.3, -0.25) is 0 Å². The summed E-state index contributed by atoms with van der Waals surface area (Å²) in [6, 6.07) is -31.2. The minimum absolute atomic E-state index is 0.435.